The average molecular weight is 601 g/mol. The highest BCUT2D eigenvalue weighted by molar-refractivity contribution is 6.14. The van der Waals surface area contributed by atoms with E-state index >= 15 is 0 Å². The van der Waals surface area contributed by atoms with E-state index in [9.17, 15) is 50.1 Å². The molecule has 2 aliphatic heterocycles. The summed E-state index contributed by atoms with van der Waals surface area (Å²) in [7, 11) is 0. The van der Waals surface area contributed by atoms with E-state index in [0.717, 1.165) is 0 Å². The number of hydrogen-bond donors (Lipinski definition) is 7. The summed E-state index contributed by atoms with van der Waals surface area (Å²) in [4.78, 5) is 39.6. The van der Waals surface area contributed by atoms with Crippen molar-refractivity contribution in [2.45, 2.75) is 68.6 Å². The number of aliphatic hydroxyl groups is 6. The van der Waals surface area contributed by atoms with Gasteiger partial charge >= 0.3 is 11.9 Å². The molecule has 0 amide bonds. The van der Waals surface area contributed by atoms with Crippen molar-refractivity contribution < 1.29 is 59.5 Å². The molecule has 13 nitrogen and oxygen atoms in total. The van der Waals surface area contributed by atoms with Crippen LogP contribution in [-0.2, 0) is 30.2 Å². The first-order valence-electron chi connectivity index (χ1n) is 14.0. The van der Waals surface area contributed by atoms with Gasteiger partial charge in [0.05, 0.1) is 42.8 Å². The van der Waals surface area contributed by atoms with Crippen molar-refractivity contribution in [2.24, 2.45) is 11.3 Å². The third-order valence-corrected chi connectivity index (χ3v) is 9.34. The van der Waals surface area contributed by atoms with Crippen molar-refractivity contribution in [2.75, 3.05) is 13.2 Å². The number of rotatable bonds is 7. The minimum absolute atomic E-state index is 0.0438. The van der Waals surface area contributed by atoms with Gasteiger partial charge in [0.25, 0.3) is 0 Å². The van der Waals surface area contributed by atoms with Crippen LogP contribution in [0.3, 0.4) is 0 Å². The zero-order chi connectivity index (χ0) is 31.0. The molecule has 230 valence electrons. The molecule has 2 aromatic rings. The molecule has 2 aromatic carbocycles. The molecule has 13 heteroatoms. The van der Waals surface area contributed by atoms with Crippen molar-refractivity contribution in [1.82, 2.24) is 0 Å². The summed E-state index contributed by atoms with van der Waals surface area (Å²) >= 11 is 0. The molecule has 4 aliphatic rings. The fourth-order valence-electron chi connectivity index (χ4n) is 6.74. The smallest absolute Gasteiger partial charge is 0.331 e. The summed E-state index contributed by atoms with van der Waals surface area (Å²) in [6.45, 7) is 0.817. The number of benzene rings is 1. The molecule has 0 radical (unpaired) electrons. The van der Waals surface area contributed by atoms with E-state index in [4.69, 9.17) is 9.47 Å². The second-order valence-corrected chi connectivity index (χ2v) is 11.9. The normalized spacial score (nSPS) is 33.4. The summed E-state index contributed by atoms with van der Waals surface area (Å²) in [6, 6.07) is 5.58. The molecule has 7 atom stereocenters. The minimum Gasteiger partial charge on any atom is -0.507 e. The molecule has 7 unspecified atom stereocenters. The third-order valence-electron chi connectivity index (χ3n) is 9.34. The number of fused-ring (bicyclic) bond motifs is 4. The van der Waals surface area contributed by atoms with Crippen LogP contribution in [-0.4, -0.2) is 97.4 Å². The molecule has 0 aromatic heterocycles. The number of ether oxygens (including phenoxy) is 3. The van der Waals surface area contributed by atoms with Crippen molar-refractivity contribution in [3.63, 3.8) is 0 Å². The van der Waals surface area contributed by atoms with Gasteiger partial charge in [-0.1, -0.05) is 19.1 Å². The molecule has 4 bridgehead atoms. The number of cyclic esters (lactones) is 2. The highest BCUT2D eigenvalue weighted by atomic mass is 16.7. The van der Waals surface area contributed by atoms with Crippen LogP contribution < -0.4 is 5.43 Å². The Morgan fingerprint density at radius 1 is 1.05 bits per heavy atom. The number of aliphatic hydroxyl groups excluding tert-OH is 4. The van der Waals surface area contributed by atoms with Gasteiger partial charge in [0.2, 0.25) is 0 Å². The first-order valence-corrected chi connectivity index (χ1v) is 14.0. The Morgan fingerprint density at radius 2 is 1.77 bits per heavy atom. The molecule has 7 N–H and O–H groups in total. The second kappa shape index (κ2) is 10.4. The molecule has 1 saturated carbocycles. The summed E-state index contributed by atoms with van der Waals surface area (Å²) in [6.07, 6.45) is -5.47. The first kappa shape index (κ1) is 29.8. The Balaban J connectivity index is 1.37. The lowest BCUT2D eigenvalue weighted by molar-refractivity contribution is -0.289. The quantitative estimate of drug-likeness (QED) is 0.114. The SMILES string of the molecule is CC1C(CO)OC(OCCC2(Cc3cc4cc5c(ccc(O)c5c3=O)C3C(O)C/C(=C\4)C3(O)O)C(=O)OC2=O)C(O)C1O. The van der Waals surface area contributed by atoms with Gasteiger partial charge in [-0.05, 0) is 46.7 Å². The highest BCUT2D eigenvalue weighted by Gasteiger charge is 2.59. The number of hydrogen-bond acceptors (Lipinski definition) is 13. The highest BCUT2D eigenvalue weighted by Crippen LogP contribution is 2.49. The third kappa shape index (κ3) is 4.50. The average Bonchev–Trinajstić information content (AvgIpc) is 3.11. The lowest BCUT2D eigenvalue weighted by atomic mass is 9.75. The lowest BCUT2D eigenvalue weighted by Crippen LogP contribution is -2.57. The summed E-state index contributed by atoms with van der Waals surface area (Å²) in [5.41, 5.74) is -1.96. The van der Waals surface area contributed by atoms with Crippen LogP contribution in [0.15, 0.2) is 34.6 Å². The van der Waals surface area contributed by atoms with Crippen LogP contribution in [0.2, 0.25) is 0 Å². The van der Waals surface area contributed by atoms with Crippen LogP contribution in [0.1, 0.15) is 42.4 Å². The molecule has 0 spiro atoms. The van der Waals surface area contributed by atoms with Crippen LogP contribution in [0.4, 0.5) is 0 Å². The Kier molecular flexibility index (Phi) is 7.22. The summed E-state index contributed by atoms with van der Waals surface area (Å²) in [5, 5.41) is 73.6. The number of phenolic OH excluding ortho intramolecular Hbond substituents is 1. The van der Waals surface area contributed by atoms with Gasteiger partial charge in [-0.15, -0.1) is 0 Å². The minimum atomic E-state index is -2.43. The molecule has 6 rings (SSSR count). The fourth-order valence-corrected chi connectivity index (χ4v) is 6.74. The van der Waals surface area contributed by atoms with E-state index in [0.29, 0.717) is 5.56 Å². The number of phenols is 1. The maximum Gasteiger partial charge on any atom is 0.331 e. The first-order chi connectivity index (χ1) is 20.3. The van der Waals surface area contributed by atoms with Gasteiger partial charge in [0.15, 0.2) is 22.9 Å². The molecule has 43 heavy (non-hydrogen) atoms. The van der Waals surface area contributed by atoms with Crippen molar-refractivity contribution in [3.8, 4) is 5.75 Å². The van der Waals surface area contributed by atoms with Gasteiger partial charge < -0.3 is 50.0 Å². The van der Waals surface area contributed by atoms with Crippen molar-refractivity contribution in [3.05, 3.63) is 56.8 Å². The van der Waals surface area contributed by atoms with Gasteiger partial charge in [-0.3, -0.25) is 14.4 Å². The van der Waals surface area contributed by atoms with E-state index in [2.05, 4.69) is 4.74 Å². The zero-order valence-corrected chi connectivity index (χ0v) is 23.0. The fraction of sp³-hybridized carbons (Fsp3) is 0.500. The molecule has 2 aliphatic carbocycles. The van der Waals surface area contributed by atoms with Gasteiger partial charge in [0.1, 0.15) is 11.9 Å². The predicted octanol–water partition coefficient (Wildman–Crippen LogP) is -1.07. The zero-order valence-electron chi connectivity index (χ0n) is 23.0. The topological polar surface area (TPSA) is 221 Å². The molecule has 2 heterocycles. The number of carbonyl (C=O) groups excluding carboxylic acids is 2. The van der Waals surface area contributed by atoms with E-state index in [-0.39, 0.29) is 46.9 Å². The Morgan fingerprint density at radius 3 is 2.44 bits per heavy atom. The van der Waals surface area contributed by atoms with Gasteiger partial charge in [-0.2, -0.15) is 0 Å². The van der Waals surface area contributed by atoms with Gasteiger partial charge in [0, 0.05) is 24.3 Å². The van der Waals surface area contributed by atoms with Gasteiger partial charge in [-0.25, -0.2) is 0 Å². The monoisotopic (exact) mass is 600 g/mol. The molecule has 3 fully saturated rings. The van der Waals surface area contributed by atoms with E-state index in [1.54, 1.807) is 13.0 Å². The molecular weight excluding hydrogens is 568 g/mol. The van der Waals surface area contributed by atoms with E-state index in [1.807, 2.05) is 0 Å². The number of esters is 2. The van der Waals surface area contributed by atoms with Crippen molar-refractivity contribution in [1.29, 1.82) is 0 Å². The Hall–Kier alpha value is -3.27. The number of aromatic hydroxyl groups is 1. The van der Waals surface area contributed by atoms with Crippen LogP contribution in [0.25, 0.3) is 16.8 Å². The Labute approximate surface area is 244 Å². The van der Waals surface area contributed by atoms with E-state index < -0.39 is 89.9 Å². The molecule has 2 saturated heterocycles. The predicted molar refractivity (Wildman–Crippen MR) is 145 cm³/mol. The molecular formula is C30H32O13. The largest absolute Gasteiger partial charge is 0.507 e. The van der Waals surface area contributed by atoms with Crippen molar-refractivity contribution >= 4 is 28.8 Å². The maximum absolute atomic E-state index is 13.9. The van der Waals surface area contributed by atoms with E-state index in [1.165, 1.54) is 24.3 Å². The maximum atomic E-state index is 13.9. The number of carbonyl (C=O) groups is 2. The van der Waals surface area contributed by atoms with Crippen LogP contribution >= 0.6 is 0 Å². The summed E-state index contributed by atoms with van der Waals surface area (Å²) in [5.74, 6) is -6.46. The standard InChI is InChI=1S/C30H32O13/c1-12-20(11-31)42-26(25(36)23(12)34)41-5-4-29(27(37)43-28(29)38)10-14-6-13-7-15-9-19(33)22(30(15,39)40)16-2-3-18(32)21(24(14)35)17(16)8-13/h2-3,6-8,12,19-20,22-23,25-26,31-34,36,39-40H,4-5,9-11H2,1H3/b15-7+. The van der Waals surface area contributed by atoms with Crippen LogP contribution in [0, 0.1) is 11.3 Å². The Bertz CT molecular complexity index is 1580. The second-order valence-electron chi connectivity index (χ2n) is 11.9. The van der Waals surface area contributed by atoms with Crippen LogP contribution in [0.5, 0.6) is 5.75 Å². The summed E-state index contributed by atoms with van der Waals surface area (Å²) < 4.78 is 15.8. The lowest BCUT2D eigenvalue weighted by Gasteiger charge is -2.41.